The molecule has 0 radical (unpaired) electrons. The highest BCUT2D eigenvalue weighted by molar-refractivity contribution is 5.74. The smallest absolute Gasteiger partial charge is 0.319 e. The highest BCUT2D eigenvalue weighted by atomic mass is 16.2. The number of amides is 2. The minimum atomic E-state index is -0.164. The molecule has 1 aliphatic heterocycles. The standard InChI is InChI=1S/C9H19N3O/c1-9(2,10)7-5-12(6-7)8(13)11(3)4/h7H,5-6,10H2,1-4H3. The highest BCUT2D eigenvalue weighted by Gasteiger charge is 2.38. The van der Waals surface area contributed by atoms with Crippen molar-refractivity contribution in [3.05, 3.63) is 0 Å². The van der Waals surface area contributed by atoms with Crippen molar-refractivity contribution in [3.8, 4) is 0 Å². The zero-order valence-corrected chi connectivity index (χ0v) is 8.87. The summed E-state index contributed by atoms with van der Waals surface area (Å²) < 4.78 is 0. The third-order valence-electron chi connectivity index (χ3n) is 2.59. The number of carbonyl (C=O) groups is 1. The molecule has 1 rings (SSSR count). The van der Waals surface area contributed by atoms with Crippen LogP contribution in [0.4, 0.5) is 4.79 Å². The summed E-state index contributed by atoms with van der Waals surface area (Å²) in [6.07, 6.45) is 0. The lowest BCUT2D eigenvalue weighted by atomic mass is 9.82. The zero-order chi connectivity index (χ0) is 10.2. The van der Waals surface area contributed by atoms with Crippen LogP contribution in [0.3, 0.4) is 0 Å². The second kappa shape index (κ2) is 3.18. The van der Waals surface area contributed by atoms with E-state index in [9.17, 15) is 4.79 Å². The van der Waals surface area contributed by atoms with E-state index in [1.807, 2.05) is 18.7 Å². The monoisotopic (exact) mass is 185 g/mol. The molecule has 76 valence electrons. The molecule has 1 heterocycles. The summed E-state index contributed by atoms with van der Waals surface area (Å²) in [7, 11) is 3.53. The number of carbonyl (C=O) groups excluding carboxylic acids is 1. The summed E-state index contributed by atoms with van der Waals surface area (Å²) in [5.74, 6) is 0.441. The molecule has 0 unspecified atom stereocenters. The number of hydrogen-bond donors (Lipinski definition) is 1. The molecule has 4 heteroatoms. The lowest BCUT2D eigenvalue weighted by molar-refractivity contribution is 0.0678. The number of hydrogen-bond acceptors (Lipinski definition) is 2. The summed E-state index contributed by atoms with van der Waals surface area (Å²) >= 11 is 0. The fourth-order valence-corrected chi connectivity index (χ4v) is 1.39. The first kappa shape index (κ1) is 10.3. The Hall–Kier alpha value is -0.770. The minimum Gasteiger partial charge on any atom is -0.331 e. The largest absolute Gasteiger partial charge is 0.331 e. The molecule has 1 saturated heterocycles. The Morgan fingerprint density at radius 1 is 1.46 bits per heavy atom. The quantitative estimate of drug-likeness (QED) is 0.640. The van der Waals surface area contributed by atoms with Gasteiger partial charge in [0.25, 0.3) is 0 Å². The highest BCUT2D eigenvalue weighted by Crippen LogP contribution is 2.25. The van der Waals surface area contributed by atoms with Crippen molar-refractivity contribution in [1.29, 1.82) is 0 Å². The maximum absolute atomic E-state index is 11.4. The summed E-state index contributed by atoms with van der Waals surface area (Å²) in [4.78, 5) is 14.8. The van der Waals surface area contributed by atoms with E-state index in [0.29, 0.717) is 5.92 Å². The molecule has 0 spiro atoms. The molecular formula is C9H19N3O. The van der Waals surface area contributed by atoms with Gasteiger partial charge in [0.15, 0.2) is 0 Å². The van der Waals surface area contributed by atoms with E-state index in [0.717, 1.165) is 13.1 Å². The van der Waals surface area contributed by atoms with E-state index in [4.69, 9.17) is 5.73 Å². The van der Waals surface area contributed by atoms with Gasteiger partial charge in [-0.1, -0.05) is 0 Å². The average Bonchev–Trinajstić information content (AvgIpc) is 1.79. The van der Waals surface area contributed by atoms with Crippen molar-refractivity contribution < 1.29 is 4.79 Å². The second-order valence-corrected chi connectivity index (χ2v) is 4.60. The first-order valence-electron chi connectivity index (χ1n) is 4.57. The molecule has 1 fully saturated rings. The lowest BCUT2D eigenvalue weighted by Gasteiger charge is -2.46. The fraction of sp³-hybridized carbons (Fsp3) is 0.889. The second-order valence-electron chi connectivity index (χ2n) is 4.60. The predicted molar refractivity (Wildman–Crippen MR) is 52.4 cm³/mol. The molecule has 13 heavy (non-hydrogen) atoms. The van der Waals surface area contributed by atoms with E-state index in [1.54, 1.807) is 19.0 Å². The molecule has 0 aromatic heterocycles. The van der Waals surface area contributed by atoms with Gasteiger partial charge in [-0.3, -0.25) is 0 Å². The van der Waals surface area contributed by atoms with Gasteiger partial charge in [-0.2, -0.15) is 0 Å². The Bertz CT molecular complexity index is 201. The number of nitrogens with zero attached hydrogens (tertiary/aromatic N) is 2. The van der Waals surface area contributed by atoms with Crippen LogP contribution in [0.1, 0.15) is 13.8 Å². The van der Waals surface area contributed by atoms with E-state index in [-0.39, 0.29) is 11.6 Å². The van der Waals surface area contributed by atoms with Crippen molar-refractivity contribution in [2.24, 2.45) is 11.7 Å². The van der Waals surface area contributed by atoms with Crippen molar-refractivity contribution in [3.63, 3.8) is 0 Å². The van der Waals surface area contributed by atoms with E-state index >= 15 is 0 Å². The Balaban J connectivity index is 2.38. The number of nitrogens with two attached hydrogens (primary N) is 1. The van der Waals surface area contributed by atoms with Crippen molar-refractivity contribution >= 4 is 6.03 Å². The van der Waals surface area contributed by atoms with E-state index in [1.165, 1.54) is 0 Å². The van der Waals surface area contributed by atoms with Crippen LogP contribution in [0.25, 0.3) is 0 Å². The van der Waals surface area contributed by atoms with Crippen LogP contribution in [-0.2, 0) is 0 Å². The summed E-state index contributed by atoms with van der Waals surface area (Å²) in [6, 6.07) is 0.0838. The topological polar surface area (TPSA) is 49.6 Å². The van der Waals surface area contributed by atoms with Gasteiger partial charge in [0.05, 0.1) is 0 Å². The van der Waals surface area contributed by atoms with Crippen molar-refractivity contribution in [2.45, 2.75) is 19.4 Å². The van der Waals surface area contributed by atoms with Crippen LogP contribution >= 0.6 is 0 Å². The molecular weight excluding hydrogens is 166 g/mol. The van der Waals surface area contributed by atoms with Crippen LogP contribution in [0.15, 0.2) is 0 Å². The van der Waals surface area contributed by atoms with Gasteiger partial charge in [-0.25, -0.2) is 4.79 Å². The molecule has 2 amide bonds. The fourth-order valence-electron chi connectivity index (χ4n) is 1.39. The Kier molecular flexibility index (Phi) is 2.52. The van der Waals surface area contributed by atoms with Gasteiger partial charge in [0.2, 0.25) is 0 Å². The predicted octanol–water partition coefficient (Wildman–Crippen LogP) is 0.337. The maximum atomic E-state index is 11.4. The lowest BCUT2D eigenvalue weighted by Crippen LogP contribution is -2.62. The maximum Gasteiger partial charge on any atom is 0.319 e. The molecule has 0 aromatic carbocycles. The SMILES string of the molecule is CN(C)C(=O)N1CC(C(C)(C)N)C1. The average molecular weight is 185 g/mol. The number of urea groups is 1. The third-order valence-corrected chi connectivity index (χ3v) is 2.59. The molecule has 0 bridgehead atoms. The van der Waals surface area contributed by atoms with Gasteiger partial charge in [0, 0.05) is 38.6 Å². The normalized spacial score (nSPS) is 18.4. The van der Waals surface area contributed by atoms with E-state index < -0.39 is 0 Å². The summed E-state index contributed by atoms with van der Waals surface area (Å²) in [5.41, 5.74) is 5.76. The van der Waals surface area contributed by atoms with Crippen LogP contribution < -0.4 is 5.73 Å². The first-order valence-corrected chi connectivity index (χ1v) is 4.57. The minimum absolute atomic E-state index is 0.0838. The van der Waals surface area contributed by atoms with Crippen molar-refractivity contribution in [1.82, 2.24) is 9.80 Å². The molecule has 1 aliphatic rings. The molecule has 0 saturated carbocycles. The van der Waals surface area contributed by atoms with Gasteiger partial charge in [-0.05, 0) is 13.8 Å². The Morgan fingerprint density at radius 2 is 1.92 bits per heavy atom. The molecule has 0 aliphatic carbocycles. The van der Waals surface area contributed by atoms with Gasteiger partial charge in [-0.15, -0.1) is 0 Å². The summed E-state index contributed by atoms with van der Waals surface area (Å²) in [6.45, 7) is 5.60. The molecule has 4 nitrogen and oxygen atoms in total. The van der Waals surface area contributed by atoms with Gasteiger partial charge >= 0.3 is 6.03 Å². The Morgan fingerprint density at radius 3 is 2.23 bits per heavy atom. The molecule has 0 aromatic rings. The van der Waals surface area contributed by atoms with Gasteiger partial charge in [0.1, 0.15) is 0 Å². The third kappa shape index (κ3) is 2.12. The molecule has 0 atom stereocenters. The van der Waals surface area contributed by atoms with Gasteiger partial charge < -0.3 is 15.5 Å². The Labute approximate surface area is 79.7 Å². The summed E-state index contributed by atoms with van der Waals surface area (Å²) in [5, 5.41) is 0. The number of likely N-dealkylation sites (tertiary alicyclic amines) is 1. The van der Waals surface area contributed by atoms with Crippen LogP contribution in [0.2, 0.25) is 0 Å². The molecule has 2 N–H and O–H groups in total. The van der Waals surface area contributed by atoms with E-state index in [2.05, 4.69) is 0 Å². The zero-order valence-electron chi connectivity index (χ0n) is 8.87. The van der Waals surface area contributed by atoms with Crippen LogP contribution in [-0.4, -0.2) is 48.6 Å². The van der Waals surface area contributed by atoms with Crippen LogP contribution in [0.5, 0.6) is 0 Å². The number of rotatable bonds is 1. The van der Waals surface area contributed by atoms with Crippen molar-refractivity contribution in [2.75, 3.05) is 27.2 Å². The first-order chi connectivity index (χ1) is 5.82. The van der Waals surface area contributed by atoms with Crippen LogP contribution in [0, 0.1) is 5.92 Å².